The highest BCUT2D eigenvalue weighted by atomic mass is 14.7. The van der Waals surface area contributed by atoms with Crippen molar-refractivity contribution in [1.29, 1.82) is 0 Å². The molecular formula is C14H18N2. The minimum absolute atomic E-state index is 0.383. The van der Waals surface area contributed by atoms with Crippen molar-refractivity contribution in [2.75, 3.05) is 0 Å². The maximum absolute atomic E-state index is 5.93. The summed E-state index contributed by atoms with van der Waals surface area (Å²) in [4.78, 5) is 4.56. The van der Waals surface area contributed by atoms with Gasteiger partial charge in [-0.25, -0.2) is 0 Å². The molecule has 2 nitrogen and oxygen atoms in total. The van der Waals surface area contributed by atoms with Gasteiger partial charge in [0.25, 0.3) is 0 Å². The number of aromatic nitrogens is 1. The van der Waals surface area contributed by atoms with Crippen molar-refractivity contribution in [2.45, 2.75) is 44.1 Å². The molecular weight excluding hydrogens is 196 g/mol. The minimum atomic E-state index is 0.383. The van der Waals surface area contributed by atoms with Gasteiger partial charge >= 0.3 is 0 Å². The Morgan fingerprint density at radius 3 is 3.00 bits per heavy atom. The first kappa shape index (κ1) is 10.0. The molecule has 2 N–H and O–H groups in total. The molecule has 2 unspecified atom stereocenters. The standard InChI is InChI=1S/C14H18N2/c15-12-6-3-10(4-7-12)13-8-5-11-2-1-9-16-14(11)13/h1-3,9,12-13H,4-8,15H2. The molecule has 0 saturated heterocycles. The van der Waals surface area contributed by atoms with Crippen molar-refractivity contribution in [3.63, 3.8) is 0 Å². The van der Waals surface area contributed by atoms with Crippen LogP contribution in [0, 0.1) is 0 Å². The number of nitrogens with two attached hydrogens (primary N) is 1. The van der Waals surface area contributed by atoms with Gasteiger partial charge in [0.2, 0.25) is 0 Å². The van der Waals surface area contributed by atoms with Crippen molar-refractivity contribution >= 4 is 0 Å². The van der Waals surface area contributed by atoms with Crippen LogP contribution < -0.4 is 5.73 Å². The van der Waals surface area contributed by atoms with Gasteiger partial charge in [-0.3, -0.25) is 4.98 Å². The third-order valence-electron chi connectivity index (χ3n) is 3.89. The molecule has 0 saturated carbocycles. The molecule has 1 heterocycles. The van der Waals surface area contributed by atoms with E-state index in [1.54, 1.807) is 5.57 Å². The topological polar surface area (TPSA) is 38.9 Å². The molecule has 2 heteroatoms. The normalized spacial score (nSPS) is 28.7. The van der Waals surface area contributed by atoms with Crippen LogP contribution in [0.2, 0.25) is 0 Å². The van der Waals surface area contributed by atoms with Crippen molar-refractivity contribution in [1.82, 2.24) is 4.98 Å². The first-order valence-corrected chi connectivity index (χ1v) is 6.23. The molecule has 0 aliphatic heterocycles. The van der Waals surface area contributed by atoms with E-state index in [-0.39, 0.29) is 0 Å². The van der Waals surface area contributed by atoms with Crippen LogP contribution in [-0.4, -0.2) is 11.0 Å². The molecule has 0 amide bonds. The molecule has 1 aromatic heterocycles. The Bertz CT molecular complexity index is 422. The van der Waals surface area contributed by atoms with Crippen LogP contribution in [0.3, 0.4) is 0 Å². The Balaban J connectivity index is 1.88. The summed E-state index contributed by atoms with van der Waals surface area (Å²) in [6.45, 7) is 0. The first-order chi connectivity index (χ1) is 7.84. The lowest BCUT2D eigenvalue weighted by molar-refractivity contribution is 0.558. The van der Waals surface area contributed by atoms with Gasteiger partial charge in [0.15, 0.2) is 0 Å². The highest BCUT2D eigenvalue weighted by Gasteiger charge is 2.27. The lowest BCUT2D eigenvalue weighted by Gasteiger charge is -2.22. The second kappa shape index (κ2) is 4.02. The van der Waals surface area contributed by atoms with Crippen molar-refractivity contribution in [2.24, 2.45) is 5.73 Å². The Hall–Kier alpha value is -1.15. The summed E-state index contributed by atoms with van der Waals surface area (Å²) < 4.78 is 0. The molecule has 2 aliphatic carbocycles. The van der Waals surface area contributed by atoms with Crippen molar-refractivity contribution in [3.8, 4) is 0 Å². The van der Waals surface area contributed by atoms with Crippen molar-refractivity contribution < 1.29 is 0 Å². The molecule has 0 aromatic carbocycles. The Morgan fingerprint density at radius 1 is 1.25 bits per heavy atom. The number of aryl methyl sites for hydroxylation is 1. The van der Waals surface area contributed by atoms with E-state index in [1.165, 1.54) is 30.5 Å². The average molecular weight is 214 g/mol. The summed E-state index contributed by atoms with van der Waals surface area (Å²) in [6.07, 6.45) is 10.1. The number of allylic oxidation sites excluding steroid dienone is 1. The number of nitrogens with zero attached hydrogens (tertiary/aromatic N) is 1. The Morgan fingerprint density at radius 2 is 2.19 bits per heavy atom. The molecule has 0 bridgehead atoms. The predicted molar refractivity (Wildman–Crippen MR) is 65.2 cm³/mol. The number of rotatable bonds is 1. The highest BCUT2D eigenvalue weighted by Crippen LogP contribution is 2.39. The molecule has 0 spiro atoms. The summed E-state index contributed by atoms with van der Waals surface area (Å²) in [5, 5.41) is 0. The number of hydrogen-bond donors (Lipinski definition) is 1. The zero-order chi connectivity index (χ0) is 11.0. The quantitative estimate of drug-likeness (QED) is 0.730. The van der Waals surface area contributed by atoms with Gasteiger partial charge in [0.1, 0.15) is 0 Å². The van der Waals surface area contributed by atoms with Crippen LogP contribution >= 0.6 is 0 Å². The van der Waals surface area contributed by atoms with E-state index in [0.717, 1.165) is 12.8 Å². The molecule has 0 radical (unpaired) electrons. The number of hydrogen-bond acceptors (Lipinski definition) is 2. The van der Waals surface area contributed by atoms with Gasteiger partial charge in [-0.05, 0) is 43.7 Å². The van der Waals surface area contributed by atoms with E-state index in [2.05, 4.69) is 17.1 Å². The summed E-state index contributed by atoms with van der Waals surface area (Å²) in [6, 6.07) is 4.65. The highest BCUT2D eigenvalue weighted by molar-refractivity contribution is 5.36. The maximum atomic E-state index is 5.93. The molecule has 84 valence electrons. The Kier molecular flexibility index (Phi) is 2.52. The zero-order valence-corrected chi connectivity index (χ0v) is 9.52. The molecule has 0 fully saturated rings. The van der Waals surface area contributed by atoms with Crippen molar-refractivity contribution in [3.05, 3.63) is 41.2 Å². The second-order valence-electron chi connectivity index (χ2n) is 4.95. The molecule has 1 aromatic rings. The van der Waals surface area contributed by atoms with Crippen LogP contribution in [0.15, 0.2) is 30.0 Å². The average Bonchev–Trinajstić information content (AvgIpc) is 2.74. The van der Waals surface area contributed by atoms with E-state index >= 15 is 0 Å². The SMILES string of the molecule is NC1CC=C(C2CCc3cccnc32)CC1. The van der Waals surface area contributed by atoms with Gasteiger partial charge in [0, 0.05) is 18.2 Å². The predicted octanol–water partition coefficient (Wildman–Crippen LogP) is 2.55. The molecule has 3 rings (SSSR count). The summed E-state index contributed by atoms with van der Waals surface area (Å²) in [5.74, 6) is 0.587. The van der Waals surface area contributed by atoms with Crippen LogP contribution in [0.1, 0.15) is 42.9 Å². The summed E-state index contributed by atoms with van der Waals surface area (Å²) in [5.41, 5.74) is 10.3. The van der Waals surface area contributed by atoms with Crippen LogP contribution in [0.25, 0.3) is 0 Å². The molecule has 2 atom stereocenters. The molecule has 2 aliphatic rings. The second-order valence-corrected chi connectivity index (χ2v) is 4.95. The van der Waals surface area contributed by atoms with E-state index < -0.39 is 0 Å². The fraction of sp³-hybridized carbons (Fsp3) is 0.500. The fourth-order valence-corrected chi connectivity index (χ4v) is 2.96. The third kappa shape index (κ3) is 1.67. The first-order valence-electron chi connectivity index (χ1n) is 6.23. The lowest BCUT2D eigenvalue weighted by atomic mass is 9.86. The van der Waals surface area contributed by atoms with Gasteiger partial charge in [-0.1, -0.05) is 17.7 Å². The van der Waals surface area contributed by atoms with Crippen LogP contribution in [0.5, 0.6) is 0 Å². The zero-order valence-electron chi connectivity index (χ0n) is 9.52. The summed E-state index contributed by atoms with van der Waals surface area (Å²) >= 11 is 0. The van der Waals surface area contributed by atoms with Crippen LogP contribution in [-0.2, 0) is 6.42 Å². The number of pyridine rings is 1. The lowest BCUT2D eigenvalue weighted by Crippen LogP contribution is -2.22. The largest absolute Gasteiger partial charge is 0.327 e. The minimum Gasteiger partial charge on any atom is -0.327 e. The monoisotopic (exact) mass is 214 g/mol. The Labute approximate surface area is 96.6 Å². The third-order valence-corrected chi connectivity index (χ3v) is 3.89. The van der Waals surface area contributed by atoms with E-state index in [0.29, 0.717) is 12.0 Å². The molecule has 16 heavy (non-hydrogen) atoms. The van der Waals surface area contributed by atoms with Crippen LogP contribution in [0.4, 0.5) is 0 Å². The van der Waals surface area contributed by atoms with Gasteiger partial charge < -0.3 is 5.73 Å². The van der Waals surface area contributed by atoms with E-state index in [9.17, 15) is 0 Å². The van der Waals surface area contributed by atoms with Gasteiger partial charge in [-0.15, -0.1) is 0 Å². The van der Waals surface area contributed by atoms with Gasteiger partial charge in [0.05, 0.1) is 5.69 Å². The van der Waals surface area contributed by atoms with E-state index in [1.807, 2.05) is 12.3 Å². The smallest absolute Gasteiger partial charge is 0.0506 e. The fourth-order valence-electron chi connectivity index (χ4n) is 2.96. The summed E-state index contributed by atoms with van der Waals surface area (Å²) in [7, 11) is 0. The van der Waals surface area contributed by atoms with E-state index in [4.69, 9.17) is 5.73 Å². The maximum Gasteiger partial charge on any atom is 0.0506 e. The number of fused-ring (bicyclic) bond motifs is 1. The van der Waals surface area contributed by atoms with Gasteiger partial charge in [-0.2, -0.15) is 0 Å².